The number of carboxylic acids is 1. The molecule has 0 aromatic heterocycles. The molecule has 0 atom stereocenters. The fourth-order valence-corrected chi connectivity index (χ4v) is 2.31. The minimum atomic E-state index is -1.16. The Morgan fingerprint density at radius 3 is 2.62 bits per heavy atom. The van der Waals surface area contributed by atoms with Gasteiger partial charge in [0, 0.05) is 10.8 Å². The molecular weight excluding hydrogens is 268 g/mol. The summed E-state index contributed by atoms with van der Waals surface area (Å²) in [6.07, 6.45) is 3.09. The molecule has 0 aliphatic carbocycles. The lowest BCUT2D eigenvalue weighted by molar-refractivity contribution is 0.0693. The molecule has 21 heavy (non-hydrogen) atoms. The van der Waals surface area contributed by atoms with Gasteiger partial charge in [0.15, 0.2) is 0 Å². The number of hydrogen-bond acceptors (Lipinski definition) is 3. The van der Waals surface area contributed by atoms with Crippen molar-refractivity contribution in [3.63, 3.8) is 0 Å². The first-order chi connectivity index (χ1) is 10.0. The van der Waals surface area contributed by atoms with Gasteiger partial charge in [0.05, 0.1) is 6.61 Å². The molecule has 0 radical (unpaired) electrons. The molecule has 0 saturated carbocycles. The number of aromatic carboxylic acids is 1. The number of hydrogen-bond donors (Lipinski definition) is 2. The van der Waals surface area contributed by atoms with Crippen LogP contribution in [-0.4, -0.2) is 22.8 Å². The third-order valence-electron chi connectivity index (χ3n) is 3.46. The Kier molecular flexibility index (Phi) is 4.68. The Morgan fingerprint density at radius 1 is 1.19 bits per heavy atom. The molecule has 4 heteroatoms. The maximum atomic E-state index is 11.2. The van der Waals surface area contributed by atoms with E-state index in [1.165, 1.54) is 6.07 Å². The molecule has 4 nitrogen and oxygen atoms in total. The first kappa shape index (κ1) is 15.2. The number of unbranched alkanes of at least 4 members (excludes halogenated alkanes) is 2. The molecule has 0 aliphatic heterocycles. The highest BCUT2D eigenvalue weighted by atomic mass is 16.5. The number of phenols is 1. The van der Waals surface area contributed by atoms with E-state index < -0.39 is 5.97 Å². The Balaban J connectivity index is 2.47. The van der Waals surface area contributed by atoms with Gasteiger partial charge in [-0.25, -0.2) is 4.79 Å². The standard InChI is InChI=1S/C17H20O4/c1-3-4-5-8-21-15-10-14(17(19)20)16(18)12-7-6-11(2)9-13(12)15/h6-7,9-10,18H,3-5,8H2,1-2H3,(H,19,20). The molecule has 2 rings (SSSR count). The van der Waals surface area contributed by atoms with E-state index >= 15 is 0 Å². The van der Waals surface area contributed by atoms with Crippen LogP contribution in [0.15, 0.2) is 24.3 Å². The van der Waals surface area contributed by atoms with Crippen molar-refractivity contribution < 1.29 is 19.7 Å². The molecule has 2 aromatic rings. The number of aromatic hydroxyl groups is 1. The average Bonchev–Trinajstić information content (AvgIpc) is 2.45. The molecule has 0 heterocycles. The van der Waals surface area contributed by atoms with Crippen LogP contribution in [0.1, 0.15) is 42.1 Å². The summed E-state index contributed by atoms with van der Waals surface area (Å²) in [4.78, 5) is 11.2. The molecule has 0 unspecified atom stereocenters. The van der Waals surface area contributed by atoms with Crippen LogP contribution in [0.3, 0.4) is 0 Å². The van der Waals surface area contributed by atoms with Crippen LogP contribution in [0.4, 0.5) is 0 Å². The lowest BCUT2D eigenvalue weighted by atomic mass is 10.0. The van der Waals surface area contributed by atoms with Crippen molar-refractivity contribution in [2.45, 2.75) is 33.1 Å². The van der Waals surface area contributed by atoms with Crippen LogP contribution in [0.5, 0.6) is 11.5 Å². The van der Waals surface area contributed by atoms with Crippen molar-refractivity contribution in [3.8, 4) is 11.5 Å². The highest BCUT2D eigenvalue weighted by molar-refractivity contribution is 6.03. The topological polar surface area (TPSA) is 66.8 Å². The lowest BCUT2D eigenvalue weighted by Crippen LogP contribution is -2.02. The summed E-state index contributed by atoms with van der Waals surface area (Å²) in [5.74, 6) is -0.855. The van der Waals surface area contributed by atoms with Gasteiger partial charge < -0.3 is 14.9 Å². The molecule has 2 aromatic carbocycles. The number of carbonyl (C=O) groups is 1. The number of ether oxygens (including phenoxy) is 1. The molecule has 2 N–H and O–H groups in total. The number of carboxylic acid groups (broad SMARTS) is 1. The van der Waals surface area contributed by atoms with E-state index in [0.29, 0.717) is 17.7 Å². The van der Waals surface area contributed by atoms with E-state index in [4.69, 9.17) is 4.74 Å². The molecule has 0 amide bonds. The fourth-order valence-electron chi connectivity index (χ4n) is 2.31. The van der Waals surface area contributed by atoms with Crippen molar-refractivity contribution in [1.29, 1.82) is 0 Å². The monoisotopic (exact) mass is 288 g/mol. The third-order valence-corrected chi connectivity index (χ3v) is 3.46. The quantitative estimate of drug-likeness (QED) is 0.785. The third kappa shape index (κ3) is 3.27. The van der Waals surface area contributed by atoms with Gasteiger partial charge in [-0.2, -0.15) is 0 Å². The van der Waals surface area contributed by atoms with E-state index in [2.05, 4.69) is 6.92 Å². The van der Waals surface area contributed by atoms with E-state index in [-0.39, 0.29) is 11.3 Å². The largest absolute Gasteiger partial charge is 0.506 e. The first-order valence-electron chi connectivity index (χ1n) is 7.17. The van der Waals surface area contributed by atoms with Gasteiger partial charge in [-0.15, -0.1) is 0 Å². The predicted octanol–water partition coefficient (Wildman–Crippen LogP) is 4.12. The van der Waals surface area contributed by atoms with Crippen LogP contribution in [-0.2, 0) is 0 Å². The second-order valence-corrected chi connectivity index (χ2v) is 5.18. The summed E-state index contributed by atoms with van der Waals surface area (Å²) in [5.41, 5.74) is 0.903. The molecule has 0 aliphatic rings. The minimum Gasteiger partial charge on any atom is -0.506 e. The van der Waals surface area contributed by atoms with Gasteiger partial charge in [0.25, 0.3) is 0 Å². The van der Waals surface area contributed by atoms with Crippen LogP contribution in [0.2, 0.25) is 0 Å². The van der Waals surface area contributed by atoms with E-state index in [1.807, 2.05) is 19.1 Å². The van der Waals surface area contributed by atoms with Crippen molar-refractivity contribution in [2.75, 3.05) is 6.61 Å². The normalized spacial score (nSPS) is 10.8. The number of aryl methyl sites for hydroxylation is 1. The fraction of sp³-hybridized carbons (Fsp3) is 0.353. The van der Waals surface area contributed by atoms with Crippen molar-refractivity contribution in [2.24, 2.45) is 0 Å². The van der Waals surface area contributed by atoms with Crippen molar-refractivity contribution >= 4 is 16.7 Å². The minimum absolute atomic E-state index is 0.128. The van der Waals surface area contributed by atoms with Crippen LogP contribution >= 0.6 is 0 Å². The SMILES string of the molecule is CCCCCOc1cc(C(=O)O)c(O)c2ccc(C)cc12. The first-order valence-corrected chi connectivity index (χ1v) is 7.17. The highest BCUT2D eigenvalue weighted by Gasteiger charge is 2.17. The summed E-state index contributed by atoms with van der Waals surface area (Å²) >= 11 is 0. The van der Waals surface area contributed by atoms with Gasteiger partial charge in [0.1, 0.15) is 17.1 Å². The van der Waals surface area contributed by atoms with Crippen LogP contribution in [0.25, 0.3) is 10.8 Å². The van der Waals surface area contributed by atoms with Gasteiger partial charge in [0.2, 0.25) is 0 Å². The van der Waals surface area contributed by atoms with Crippen LogP contribution < -0.4 is 4.74 Å². The van der Waals surface area contributed by atoms with E-state index in [1.54, 1.807) is 6.07 Å². The highest BCUT2D eigenvalue weighted by Crippen LogP contribution is 2.36. The Bertz CT molecular complexity index is 661. The Morgan fingerprint density at radius 2 is 1.95 bits per heavy atom. The second kappa shape index (κ2) is 6.48. The zero-order valence-electron chi connectivity index (χ0n) is 12.3. The molecule has 0 spiro atoms. The molecule has 0 bridgehead atoms. The maximum Gasteiger partial charge on any atom is 0.339 e. The predicted molar refractivity (Wildman–Crippen MR) is 82.3 cm³/mol. The maximum absolute atomic E-state index is 11.2. The van der Waals surface area contributed by atoms with E-state index in [0.717, 1.165) is 30.2 Å². The van der Waals surface area contributed by atoms with Gasteiger partial charge in [-0.05, 0) is 25.5 Å². The van der Waals surface area contributed by atoms with E-state index in [9.17, 15) is 15.0 Å². The number of rotatable bonds is 6. The van der Waals surface area contributed by atoms with Crippen LogP contribution in [0, 0.1) is 6.92 Å². The summed E-state index contributed by atoms with van der Waals surface area (Å²) in [6.45, 7) is 4.60. The number of fused-ring (bicyclic) bond motifs is 1. The zero-order valence-corrected chi connectivity index (χ0v) is 12.3. The Labute approximate surface area is 124 Å². The van der Waals surface area contributed by atoms with Crippen molar-refractivity contribution in [1.82, 2.24) is 0 Å². The Hall–Kier alpha value is -2.23. The number of benzene rings is 2. The summed E-state index contributed by atoms with van der Waals surface area (Å²) in [6, 6.07) is 6.88. The average molecular weight is 288 g/mol. The summed E-state index contributed by atoms with van der Waals surface area (Å²) < 4.78 is 5.75. The molecular formula is C17H20O4. The summed E-state index contributed by atoms with van der Waals surface area (Å²) in [5, 5.41) is 20.6. The lowest BCUT2D eigenvalue weighted by Gasteiger charge is -2.13. The van der Waals surface area contributed by atoms with Crippen molar-refractivity contribution in [3.05, 3.63) is 35.4 Å². The molecule has 0 fully saturated rings. The molecule has 0 saturated heterocycles. The van der Waals surface area contributed by atoms with Gasteiger partial charge in [-0.3, -0.25) is 0 Å². The summed E-state index contributed by atoms with van der Waals surface area (Å²) in [7, 11) is 0. The smallest absolute Gasteiger partial charge is 0.339 e. The zero-order chi connectivity index (χ0) is 15.4. The van der Waals surface area contributed by atoms with Gasteiger partial charge >= 0.3 is 5.97 Å². The van der Waals surface area contributed by atoms with Gasteiger partial charge in [-0.1, -0.05) is 37.5 Å². The second-order valence-electron chi connectivity index (χ2n) is 5.18. The molecule has 112 valence electrons.